The van der Waals surface area contributed by atoms with Crippen molar-refractivity contribution >= 4 is 56.6 Å². The van der Waals surface area contributed by atoms with Crippen LogP contribution in [0.15, 0.2) is 35.7 Å². The lowest BCUT2D eigenvalue weighted by atomic mass is 10.0. The lowest BCUT2D eigenvalue weighted by Crippen LogP contribution is -2.47. The van der Waals surface area contributed by atoms with Crippen molar-refractivity contribution in [3.05, 3.63) is 56.1 Å². The number of hydrogen-bond acceptors (Lipinski definition) is 7. The average molecular weight is 538 g/mol. The number of carbonyl (C=O) groups is 2. The summed E-state index contributed by atoms with van der Waals surface area (Å²) in [6, 6.07) is 8.31. The van der Waals surface area contributed by atoms with Crippen LogP contribution in [0.3, 0.4) is 0 Å². The highest BCUT2D eigenvalue weighted by Crippen LogP contribution is 2.30. The van der Waals surface area contributed by atoms with Crippen molar-refractivity contribution in [2.24, 2.45) is 0 Å². The number of benzene rings is 1. The number of aryl methyl sites for hydroxylation is 1. The van der Waals surface area contributed by atoms with Crippen molar-refractivity contribution in [1.29, 1.82) is 0 Å². The highest BCUT2D eigenvalue weighted by molar-refractivity contribution is 7.92. The van der Waals surface area contributed by atoms with Crippen molar-refractivity contribution in [1.82, 2.24) is 9.62 Å². The number of ether oxygens (including phenoxy) is 1. The first kappa shape index (κ1) is 25.8. The van der Waals surface area contributed by atoms with Crippen molar-refractivity contribution in [2.75, 3.05) is 31.1 Å². The second kappa shape index (κ2) is 11.2. The van der Waals surface area contributed by atoms with Gasteiger partial charge in [-0.05, 0) is 74.2 Å². The highest BCUT2D eigenvalue weighted by atomic mass is 35.5. The first-order valence-corrected chi connectivity index (χ1v) is 14.2. The minimum atomic E-state index is -4.11. The predicted molar refractivity (Wildman–Crippen MR) is 138 cm³/mol. The normalized spacial score (nSPS) is 18.8. The molecule has 0 saturated carbocycles. The summed E-state index contributed by atoms with van der Waals surface area (Å²) in [4.78, 5) is 28.0. The largest absolute Gasteiger partial charge is 0.465 e. The van der Waals surface area contributed by atoms with Crippen LogP contribution >= 0.6 is 22.9 Å². The van der Waals surface area contributed by atoms with Gasteiger partial charge < -0.3 is 15.0 Å². The zero-order valence-corrected chi connectivity index (χ0v) is 21.8. The summed E-state index contributed by atoms with van der Waals surface area (Å²) in [7, 11) is -4.11. The molecule has 0 aliphatic carbocycles. The van der Waals surface area contributed by atoms with Gasteiger partial charge >= 0.3 is 5.97 Å². The fourth-order valence-electron chi connectivity index (χ4n) is 4.36. The Morgan fingerprint density at radius 2 is 2.14 bits per heavy atom. The molecule has 11 heteroatoms. The van der Waals surface area contributed by atoms with E-state index in [1.165, 1.54) is 28.5 Å². The minimum absolute atomic E-state index is 0.116. The maximum absolute atomic E-state index is 13.5. The molecule has 188 valence electrons. The Morgan fingerprint density at radius 1 is 1.31 bits per heavy atom. The van der Waals surface area contributed by atoms with E-state index >= 15 is 0 Å². The first-order valence-electron chi connectivity index (χ1n) is 11.5. The summed E-state index contributed by atoms with van der Waals surface area (Å²) in [5, 5.41) is 4.40. The Kier molecular flexibility index (Phi) is 8.28. The first-order chi connectivity index (χ1) is 16.8. The van der Waals surface area contributed by atoms with E-state index in [9.17, 15) is 18.0 Å². The minimum Gasteiger partial charge on any atom is -0.465 e. The van der Waals surface area contributed by atoms with Gasteiger partial charge in [-0.15, -0.1) is 11.3 Å². The highest BCUT2D eigenvalue weighted by Gasteiger charge is 2.42. The van der Waals surface area contributed by atoms with Crippen LogP contribution in [0, 0.1) is 0 Å². The quantitative estimate of drug-likeness (QED) is 0.518. The Balaban J connectivity index is 1.59. The van der Waals surface area contributed by atoms with Crippen molar-refractivity contribution < 1.29 is 22.7 Å². The molecule has 0 radical (unpaired) electrons. The topological polar surface area (TPSA) is 96.0 Å². The molecule has 8 nitrogen and oxygen atoms in total. The number of thiophene rings is 1. The van der Waals surface area contributed by atoms with E-state index in [0.717, 1.165) is 41.3 Å². The van der Waals surface area contributed by atoms with Crippen LogP contribution in [0.25, 0.3) is 6.08 Å². The van der Waals surface area contributed by atoms with E-state index in [-0.39, 0.29) is 18.9 Å². The molecule has 0 unspecified atom stereocenters. The molecule has 1 amide bonds. The van der Waals surface area contributed by atoms with E-state index in [4.69, 9.17) is 16.3 Å². The smallest absolute Gasteiger partial charge is 0.321 e. The number of halogens is 1. The number of rotatable bonds is 8. The van der Waals surface area contributed by atoms with Gasteiger partial charge in [0.2, 0.25) is 15.9 Å². The van der Waals surface area contributed by atoms with Crippen molar-refractivity contribution in [3.63, 3.8) is 0 Å². The molecule has 1 aromatic heterocycles. The second-order valence-electron chi connectivity index (χ2n) is 8.37. The Labute approximate surface area is 214 Å². The van der Waals surface area contributed by atoms with Gasteiger partial charge in [0.1, 0.15) is 12.6 Å². The lowest BCUT2D eigenvalue weighted by Gasteiger charge is -2.25. The number of nitrogens with one attached hydrogen (secondary N) is 1. The number of nitrogens with zero attached hydrogens (tertiary/aromatic N) is 2. The number of esters is 1. The van der Waals surface area contributed by atoms with Gasteiger partial charge in [0.05, 0.1) is 10.9 Å². The number of sulfonamides is 1. The van der Waals surface area contributed by atoms with Gasteiger partial charge in [-0.3, -0.25) is 9.59 Å². The fourth-order valence-corrected chi connectivity index (χ4v) is 6.72. The summed E-state index contributed by atoms with van der Waals surface area (Å²) >= 11 is 7.17. The molecule has 1 saturated heterocycles. The molecule has 0 spiro atoms. The van der Waals surface area contributed by atoms with Gasteiger partial charge in [0.25, 0.3) is 0 Å². The Bertz CT molecular complexity index is 1230. The van der Waals surface area contributed by atoms with Gasteiger partial charge in [-0.2, -0.15) is 4.31 Å². The Morgan fingerprint density at radius 3 is 2.89 bits per heavy atom. The van der Waals surface area contributed by atoms with Crippen LogP contribution in [-0.2, 0) is 37.3 Å². The molecule has 1 aromatic carbocycles. The van der Waals surface area contributed by atoms with E-state index in [2.05, 4.69) is 5.32 Å². The number of hydrogen-bond donors (Lipinski definition) is 1. The van der Waals surface area contributed by atoms with E-state index in [1.807, 2.05) is 18.2 Å². The molecular formula is C24H28ClN3O5S2. The third kappa shape index (κ3) is 6.13. The number of fused-ring (bicyclic) bond motifs is 1. The van der Waals surface area contributed by atoms with Crippen LogP contribution in [-0.4, -0.2) is 56.9 Å². The van der Waals surface area contributed by atoms with Crippen molar-refractivity contribution in [2.45, 2.75) is 38.8 Å². The summed E-state index contributed by atoms with van der Waals surface area (Å²) in [6.07, 6.45) is 3.62. The molecule has 2 aliphatic rings. The van der Waals surface area contributed by atoms with Crippen LogP contribution in [0.5, 0.6) is 0 Å². The van der Waals surface area contributed by atoms with Crippen LogP contribution in [0.4, 0.5) is 5.69 Å². The number of anilines is 1. The van der Waals surface area contributed by atoms with Crippen LogP contribution < -0.4 is 10.2 Å². The maximum Gasteiger partial charge on any atom is 0.321 e. The van der Waals surface area contributed by atoms with E-state index < -0.39 is 28.6 Å². The monoisotopic (exact) mass is 537 g/mol. The molecule has 0 bridgehead atoms. The van der Waals surface area contributed by atoms with Crippen LogP contribution in [0.1, 0.15) is 35.8 Å². The molecule has 2 aromatic rings. The average Bonchev–Trinajstić information content (AvgIpc) is 3.33. The fraction of sp³-hybridized carbons (Fsp3) is 0.417. The zero-order chi connectivity index (χ0) is 25.0. The third-order valence-electron chi connectivity index (χ3n) is 6.06. The maximum atomic E-state index is 13.5. The van der Waals surface area contributed by atoms with Crippen molar-refractivity contribution in [3.8, 4) is 0 Å². The van der Waals surface area contributed by atoms with Gasteiger partial charge in [0, 0.05) is 29.1 Å². The second-order valence-corrected chi connectivity index (χ2v) is 11.9. The summed E-state index contributed by atoms with van der Waals surface area (Å²) in [6.45, 7) is 3.32. The van der Waals surface area contributed by atoms with Gasteiger partial charge in [0.15, 0.2) is 0 Å². The van der Waals surface area contributed by atoms with E-state index in [0.29, 0.717) is 15.8 Å². The molecule has 4 rings (SSSR count). The standard InChI is InChI=1S/C24H28ClN3O5S2/c1-2-33-23(29)16-28(35(31,32)13-10-20-7-8-22(25)34-20)21-9-12-27(24(21)30)19-6-5-18-15-26-11-3-4-17(18)14-19/h5-8,10,13-14,21,26H,2-4,9,11-12,15-16H2,1H3/b13-10+/t21-/m0/s1. The molecular weight excluding hydrogens is 510 g/mol. The summed E-state index contributed by atoms with van der Waals surface area (Å²) in [5.74, 6) is -1.05. The Hall–Kier alpha value is -2.24. The van der Waals surface area contributed by atoms with E-state index in [1.54, 1.807) is 24.0 Å². The zero-order valence-electron chi connectivity index (χ0n) is 19.4. The third-order valence-corrected chi connectivity index (χ3v) is 8.77. The summed E-state index contributed by atoms with van der Waals surface area (Å²) < 4.78 is 33.0. The molecule has 1 atom stereocenters. The predicted octanol–water partition coefficient (Wildman–Crippen LogP) is 3.41. The number of carbonyl (C=O) groups excluding carboxylic acids is 2. The summed E-state index contributed by atoms with van der Waals surface area (Å²) in [5.41, 5.74) is 3.15. The number of amides is 1. The molecule has 1 fully saturated rings. The van der Waals surface area contributed by atoms with Gasteiger partial charge in [-0.1, -0.05) is 17.7 Å². The SMILES string of the molecule is CCOC(=O)CN([C@H]1CCN(c2ccc3c(c2)CCCNC3)C1=O)S(=O)(=O)/C=C/c1ccc(Cl)s1. The lowest BCUT2D eigenvalue weighted by molar-refractivity contribution is -0.143. The van der Waals surface area contributed by atoms with Gasteiger partial charge in [-0.25, -0.2) is 8.42 Å². The molecule has 2 aliphatic heterocycles. The molecule has 1 N–H and O–H groups in total. The molecule has 3 heterocycles. The van der Waals surface area contributed by atoms with Crippen LogP contribution in [0.2, 0.25) is 4.34 Å². The molecule has 35 heavy (non-hydrogen) atoms.